The highest BCUT2D eigenvalue weighted by molar-refractivity contribution is 9.10. The predicted molar refractivity (Wildman–Crippen MR) is 97.9 cm³/mol. The summed E-state index contributed by atoms with van der Waals surface area (Å²) in [5.41, 5.74) is 5.03. The summed E-state index contributed by atoms with van der Waals surface area (Å²) in [6, 6.07) is 23.8. The molecule has 2 heteroatoms. The third kappa shape index (κ3) is 1.98. The number of aryl methyl sites for hydroxylation is 1. The molecule has 3 aromatic carbocycles. The van der Waals surface area contributed by atoms with Gasteiger partial charge in [-0.1, -0.05) is 65.3 Å². The van der Waals surface area contributed by atoms with Gasteiger partial charge in [-0.15, -0.1) is 0 Å². The summed E-state index contributed by atoms with van der Waals surface area (Å²) in [6.07, 6.45) is 1.04. The van der Waals surface area contributed by atoms with Gasteiger partial charge in [0.2, 0.25) is 0 Å². The Morgan fingerprint density at radius 3 is 1.95 bits per heavy atom. The lowest BCUT2D eigenvalue weighted by atomic mass is 10.1. The molecule has 0 aliphatic rings. The lowest BCUT2D eigenvalue weighted by Crippen LogP contribution is -1.95. The normalized spacial score (nSPS) is 11.4. The van der Waals surface area contributed by atoms with Crippen LogP contribution in [0.2, 0.25) is 0 Å². The SMILES string of the molecule is CCc1ccc(-n2c3ccccc3c3ccccc32)cc1Br. The second-order valence-corrected chi connectivity index (χ2v) is 6.35. The van der Waals surface area contributed by atoms with Crippen molar-refractivity contribution in [3.63, 3.8) is 0 Å². The van der Waals surface area contributed by atoms with Crippen LogP contribution in [0, 0.1) is 0 Å². The van der Waals surface area contributed by atoms with Crippen molar-refractivity contribution in [2.75, 3.05) is 0 Å². The Kier molecular flexibility index (Phi) is 3.27. The Balaban J connectivity index is 2.10. The first-order valence-electron chi connectivity index (χ1n) is 7.56. The molecule has 0 atom stereocenters. The maximum atomic E-state index is 3.71. The average Bonchev–Trinajstić information content (AvgIpc) is 2.89. The molecule has 1 heterocycles. The van der Waals surface area contributed by atoms with Crippen molar-refractivity contribution in [1.82, 2.24) is 4.57 Å². The van der Waals surface area contributed by atoms with E-state index in [9.17, 15) is 0 Å². The van der Waals surface area contributed by atoms with E-state index in [0.717, 1.165) is 6.42 Å². The van der Waals surface area contributed by atoms with Crippen LogP contribution in [0.1, 0.15) is 12.5 Å². The molecule has 1 nitrogen and oxygen atoms in total. The van der Waals surface area contributed by atoms with Crippen LogP contribution in [0.3, 0.4) is 0 Å². The van der Waals surface area contributed by atoms with E-state index in [4.69, 9.17) is 0 Å². The predicted octanol–water partition coefficient (Wildman–Crippen LogP) is 6.11. The first kappa shape index (κ1) is 13.6. The van der Waals surface area contributed by atoms with Crippen LogP contribution in [-0.2, 0) is 6.42 Å². The molecule has 0 unspecified atom stereocenters. The van der Waals surface area contributed by atoms with Gasteiger partial charge >= 0.3 is 0 Å². The van der Waals surface area contributed by atoms with E-state index in [1.54, 1.807) is 0 Å². The van der Waals surface area contributed by atoms with Gasteiger partial charge in [0.25, 0.3) is 0 Å². The topological polar surface area (TPSA) is 4.93 Å². The maximum Gasteiger partial charge on any atom is 0.0541 e. The zero-order valence-corrected chi connectivity index (χ0v) is 14.0. The van der Waals surface area contributed by atoms with Crippen LogP contribution in [0.5, 0.6) is 0 Å². The summed E-state index contributed by atoms with van der Waals surface area (Å²) in [5, 5.41) is 2.60. The van der Waals surface area contributed by atoms with Crippen LogP contribution in [0.15, 0.2) is 71.2 Å². The Morgan fingerprint density at radius 1 is 0.818 bits per heavy atom. The van der Waals surface area contributed by atoms with Gasteiger partial charge < -0.3 is 4.57 Å². The van der Waals surface area contributed by atoms with Gasteiger partial charge in [-0.25, -0.2) is 0 Å². The fourth-order valence-corrected chi connectivity index (χ4v) is 3.81. The molecule has 0 saturated heterocycles. The quantitative estimate of drug-likeness (QED) is 0.411. The Hall–Kier alpha value is -2.06. The average molecular weight is 350 g/mol. The second-order valence-electron chi connectivity index (χ2n) is 5.50. The Morgan fingerprint density at radius 2 is 1.41 bits per heavy atom. The summed E-state index contributed by atoms with van der Waals surface area (Å²) in [7, 11) is 0. The van der Waals surface area contributed by atoms with Crippen molar-refractivity contribution in [2.24, 2.45) is 0 Å². The third-order valence-corrected chi connectivity index (χ3v) is 4.99. The molecule has 0 N–H and O–H groups in total. The number of fused-ring (bicyclic) bond motifs is 3. The second kappa shape index (κ2) is 5.29. The van der Waals surface area contributed by atoms with Gasteiger partial charge in [0, 0.05) is 20.9 Å². The van der Waals surface area contributed by atoms with Gasteiger partial charge in [0.05, 0.1) is 11.0 Å². The number of halogens is 1. The summed E-state index contributed by atoms with van der Waals surface area (Å²) in [5.74, 6) is 0. The van der Waals surface area contributed by atoms with Gasteiger partial charge in [0.1, 0.15) is 0 Å². The number of aromatic nitrogens is 1. The number of nitrogens with zero attached hydrogens (tertiary/aromatic N) is 1. The van der Waals surface area contributed by atoms with Crippen LogP contribution < -0.4 is 0 Å². The van der Waals surface area contributed by atoms with Crippen molar-refractivity contribution in [3.05, 3.63) is 76.8 Å². The molecule has 4 aromatic rings. The van der Waals surface area contributed by atoms with E-state index in [0.29, 0.717) is 0 Å². The van der Waals surface area contributed by atoms with E-state index in [-0.39, 0.29) is 0 Å². The van der Waals surface area contributed by atoms with Gasteiger partial charge in [-0.3, -0.25) is 0 Å². The van der Waals surface area contributed by atoms with Crippen LogP contribution in [0.25, 0.3) is 27.5 Å². The molecular formula is C20H16BrN. The molecule has 0 fully saturated rings. The number of rotatable bonds is 2. The summed E-state index contributed by atoms with van der Waals surface area (Å²) < 4.78 is 3.52. The Labute approximate surface area is 138 Å². The van der Waals surface area contributed by atoms with Crippen molar-refractivity contribution in [1.29, 1.82) is 0 Å². The van der Waals surface area contributed by atoms with E-state index >= 15 is 0 Å². The molecule has 0 spiro atoms. The largest absolute Gasteiger partial charge is 0.309 e. The number of benzene rings is 3. The zero-order valence-electron chi connectivity index (χ0n) is 12.4. The first-order valence-corrected chi connectivity index (χ1v) is 8.36. The summed E-state index contributed by atoms with van der Waals surface area (Å²) in [4.78, 5) is 0. The van der Waals surface area contributed by atoms with Gasteiger partial charge in [-0.2, -0.15) is 0 Å². The number of hydrogen-bond acceptors (Lipinski definition) is 0. The molecular weight excluding hydrogens is 334 g/mol. The Bertz CT molecular complexity index is 928. The standard InChI is InChI=1S/C20H16BrN/c1-2-14-11-12-15(13-18(14)21)22-19-9-5-3-7-16(19)17-8-4-6-10-20(17)22/h3-13H,2H2,1H3. The van der Waals surface area contributed by atoms with Crippen molar-refractivity contribution >= 4 is 37.7 Å². The van der Waals surface area contributed by atoms with Crippen LogP contribution in [-0.4, -0.2) is 4.57 Å². The van der Waals surface area contributed by atoms with Crippen LogP contribution in [0.4, 0.5) is 0 Å². The molecule has 0 amide bonds. The minimum Gasteiger partial charge on any atom is -0.309 e. The highest BCUT2D eigenvalue weighted by Crippen LogP contribution is 2.33. The van der Waals surface area contributed by atoms with Crippen molar-refractivity contribution in [2.45, 2.75) is 13.3 Å². The lowest BCUT2D eigenvalue weighted by molar-refractivity contribution is 1.11. The fraction of sp³-hybridized carbons (Fsp3) is 0.100. The lowest BCUT2D eigenvalue weighted by Gasteiger charge is -2.10. The number of para-hydroxylation sites is 2. The maximum absolute atomic E-state index is 3.71. The zero-order chi connectivity index (χ0) is 15.1. The third-order valence-electron chi connectivity index (χ3n) is 4.26. The van der Waals surface area contributed by atoms with Gasteiger partial charge in [-0.05, 0) is 36.2 Å². The van der Waals surface area contributed by atoms with Crippen LogP contribution >= 0.6 is 15.9 Å². The summed E-state index contributed by atoms with van der Waals surface area (Å²) >= 11 is 3.71. The molecule has 4 rings (SSSR count). The molecule has 108 valence electrons. The smallest absolute Gasteiger partial charge is 0.0541 e. The van der Waals surface area contributed by atoms with Crippen molar-refractivity contribution < 1.29 is 0 Å². The summed E-state index contributed by atoms with van der Waals surface area (Å²) in [6.45, 7) is 2.18. The first-order chi connectivity index (χ1) is 10.8. The van der Waals surface area contributed by atoms with E-state index < -0.39 is 0 Å². The highest BCUT2D eigenvalue weighted by atomic mass is 79.9. The highest BCUT2D eigenvalue weighted by Gasteiger charge is 2.11. The fourth-order valence-electron chi connectivity index (χ4n) is 3.16. The minimum absolute atomic E-state index is 1.04. The molecule has 0 bridgehead atoms. The molecule has 0 aliphatic heterocycles. The van der Waals surface area contributed by atoms with E-state index in [2.05, 4.69) is 94.2 Å². The molecule has 22 heavy (non-hydrogen) atoms. The van der Waals surface area contributed by atoms with E-state index in [1.165, 1.54) is 37.5 Å². The van der Waals surface area contributed by atoms with Crippen molar-refractivity contribution in [3.8, 4) is 5.69 Å². The van der Waals surface area contributed by atoms with Gasteiger partial charge in [0.15, 0.2) is 0 Å². The molecule has 0 aliphatic carbocycles. The molecule has 1 aromatic heterocycles. The monoisotopic (exact) mass is 349 g/mol. The minimum atomic E-state index is 1.04. The molecule has 0 radical (unpaired) electrons. The van der Waals surface area contributed by atoms with E-state index in [1.807, 2.05) is 0 Å². The molecule has 0 saturated carbocycles. The number of hydrogen-bond donors (Lipinski definition) is 0.